The summed E-state index contributed by atoms with van der Waals surface area (Å²) in [6.07, 6.45) is 0. The number of aromatic carboxylic acids is 1. The van der Waals surface area contributed by atoms with E-state index in [4.69, 9.17) is 11.6 Å². The molecule has 104 valence electrons. The lowest BCUT2D eigenvalue weighted by Gasteiger charge is -2.04. The van der Waals surface area contributed by atoms with Crippen LogP contribution in [0.5, 0.6) is 0 Å². The van der Waals surface area contributed by atoms with Gasteiger partial charge in [0.1, 0.15) is 0 Å². The fraction of sp³-hybridized carbons (Fsp3) is 0. The predicted molar refractivity (Wildman–Crippen MR) is 81.4 cm³/mol. The van der Waals surface area contributed by atoms with Crippen molar-refractivity contribution in [3.05, 3.63) is 65.2 Å². The number of rotatable bonds is 3. The smallest absolute Gasteiger partial charge is 0.336 e. The van der Waals surface area contributed by atoms with E-state index in [9.17, 15) is 9.90 Å². The third-order valence-electron chi connectivity index (χ3n) is 3.16. The van der Waals surface area contributed by atoms with Crippen molar-refractivity contribution in [1.82, 2.24) is 10.2 Å². The van der Waals surface area contributed by atoms with Crippen LogP contribution in [-0.2, 0) is 0 Å². The topological polar surface area (TPSA) is 66.0 Å². The van der Waals surface area contributed by atoms with Crippen LogP contribution in [0.15, 0.2) is 54.6 Å². The Balaban J connectivity index is 2.11. The third-order valence-corrected chi connectivity index (χ3v) is 3.48. The lowest BCUT2D eigenvalue weighted by Crippen LogP contribution is -2.00. The molecule has 0 radical (unpaired) electrons. The Morgan fingerprint density at radius 1 is 1.10 bits per heavy atom. The first-order valence-electron chi connectivity index (χ1n) is 6.30. The zero-order valence-electron chi connectivity index (χ0n) is 10.9. The molecule has 0 unspecified atom stereocenters. The first kappa shape index (κ1) is 13.4. The SMILES string of the molecule is O=C(O)c1cccc(Cl)c1-c1cc(-c2ccccc2)[nH]n1. The average Bonchev–Trinajstić information content (AvgIpc) is 2.97. The van der Waals surface area contributed by atoms with Crippen molar-refractivity contribution < 1.29 is 9.90 Å². The summed E-state index contributed by atoms with van der Waals surface area (Å²) in [6, 6.07) is 16.2. The van der Waals surface area contributed by atoms with Gasteiger partial charge < -0.3 is 5.11 Å². The molecule has 0 saturated carbocycles. The molecule has 0 aliphatic carbocycles. The highest BCUT2D eigenvalue weighted by Gasteiger charge is 2.17. The summed E-state index contributed by atoms with van der Waals surface area (Å²) in [6.45, 7) is 0. The van der Waals surface area contributed by atoms with Gasteiger partial charge in [-0.15, -0.1) is 0 Å². The van der Waals surface area contributed by atoms with Crippen LogP contribution in [-0.4, -0.2) is 21.3 Å². The first-order chi connectivity index (χ1) is 10.2. The Bertz CT molecular complexity index is 797. The van der Waals surface area contributed by atoms with Gasteiger partial charge in [0.2, 0.25) is 0 Å². The number of hydrogen-bond acceptors (Lipinski definition) is 2. The fourth-order valence-corrected chi connectivity index (χ4v) is 2.45. The molecule has 0 aliphatic rings. The molecule has 1 aromatic heterocycles. The number of aromatic amines is 1. The monoisotopic (exact) mass is 298 g/mol. The molecule has 4 nitrogen and oxygen atoms in total. The Labute approximate surface area is 126 Å². The molecule has 0 atom stereocenters. The van der Waals surface area contributed by atoms with E-state index in [1.807, 2.05) is 30.3 Å². The van der Waals surface area contributed by atoms with Crippen molar-refractivity contribution in [3.8, 4) is 22.5 Å². The van der Waals surface area contributed by atoms with Crippen molar-refractivity contribution in [2.24, 2.45) is 0 Å². The van der Waals surface area contributed by atoms with E-state index < -0.39 is 5.97 Å². The minimum absolute atomic E-state index is 0.133. The summed E-state index contributed by atoms with van der Waals surface area (Å²) >= 11 is 6.15. The standard InChI is InChI=1S/C16H11ClN2O2/c17-12-8-4-7-11(16(20)21)15(12)14-9-13(18-19-14)10-5-2-1-3-6-10/h1-9H,(H,18,19)(H,20,21). The van der Waals surface area contributed by atoms with Crippen LogP contribution in [0.2, 0.25) is 5.02 Å². The van der Waals surface area contributed by atoms with Gasteiger partial charge in [0.05, 0.1) is 22.0 Å². The van der Waals surface area contributed by atoms with Gasteiger partial charge in [-0.3, -0.25) is 5.10 Å². The number of halogens is 1. The lowest BCUT2D eigenvalue weighted by atomic mass is 10.0. The number of benzene rings is 2. The maximum atomic E-state index is 11.3. The molecule has 0 saturated heterocycles. The Hall–Kier alpha value is -2.59. The van der Waals surface area contributed by atoms with Gasteiger partial charge in [-0.05, 0) is 23.8 Å². The van der Waals surface area contributed by atoms with Gasteiger partial charge in [-0.2, -0.15) is 5.10 Å². The minimum atomic E-state index is -1.03. The van der Waals surface area contributed by atoms with Crippen molar-refractivity contribution >= 4 is 17.6 Å². The van der Waals surface area contributed by atoms with Gasteiger partial charge in [-0.25, -0.2) is 4.79 Å². The van der Waals surface area contributed by atoms with Crippen LogP contribution >= 0.6 is 11.6 Å². The number of carboxylic acids is 1. The number of carboxylic acid groups (broad SMARTS) is 1. The van der Waals surface area contributed by atoms with E-state index in [1.54, 1.807) is 18.2 Å². The zero-order valence-corrected chi connectivity index (χ0v) is 11.6. The summed E-state index contributed by atoms with van der Waals surface area (Å²) in [4.78, 5) is 11.3. The normalized spacial score (nSPS) is 10.5. The number of nitrogens with one attached hydrogen (secondary N) is 1. The van der Waals surface area contributed by atoms with Gasteiger partial charge in [-0.1, -0.05) is 48.0 Å². The van der Waals surface area contributed by atoms with E-state index >= 15 is 0 Å². The molecule has 0 amide bonds. The number of H-pyrrole nitrogens is 1. The van der Waals surface area contributed by atoms with Crippen LogP contribution < -0.4 is 0 Å². The number of carbonyl (C=O) groups is 1. The van der Waals surface area contributed by atoms with E-state index in [-0.39, 0.29) is 5.56 Å². The minimum Gasteiger partial charge on any atom is -0.478 e. The van der Waals surface area contributed by atoms with Gasteiger partial charge in [0.25, 0.3) is 0 Å². The maximum Gasteiger partial charge on any atom is 0.336 e. The number of aromatic nitrogens is 2. The second kappa shape index (κ2) is 5.42. The summed E-state index contributed by atoms with van der Waals surface area (Å²) < 4.78 is 0. The molecule has 0 bridgehead atoms. The molecule has 2 N–H and O–H groups in total. The highest BCUT2D eigenvalue weighted by atomic mass is 35.5. The number of nitrogens with zero attached hydrogens (tertiary/aromatic N) is 1. The van der Waals surface area contributed by atoms with Gasteiger partial charge in [0, 0.05) is 5.56 Å². The quantitative estimate of drug-likeness (QED) is 0.765. The number of hydrogen-bond donors (Lipinski definition) is 2. The van der Waals surface area contributed by atoms with Crippen molar-refractivity contribution in [1.29, 1.82) is 0 Å². The summed E-state index contributed by atoms with van der Waals surface area (Å²) in [5, 5.41) is 16.7. The van der Waals surface area contributed by atoms with E-state index in [0.29, 0.717) is 16.3 Å². The molecular formula is C16H11ClN2O2. The van der Waals surface area contributed by atoms with Crippen molar-refractivity contribution in [3.63, 3.8) is 0 Å². The summed E-state index contributed by atoms with van der Waals surface area (Å²) in [5.41, 5.74) is 2.84. The molecule has 0 aliphatic heterocycles. The average molecular weight is 299 g/mol. The van der Waals surface area contributed by atoms with Gasteiger partial charge >= 0.3 is 5.97 Å². The molecule has 5 heteroatoms. The van der Waals surface area contributed by atoms with E-state index in [0.717, 1.165) is 11.3 Å². The molecule has 2 aromatic carbocycles. The predicted octanol–water partition coefficient (Wildman–Crippen LogP) is 4.10. The molecular weight excluding hydrogens is 288 g/mol. The highest BCUT2D eigenvalue weighted by molar-refractivity contribution is 6.34. The van der Waals surface area contributed by atoms with Crippen LogP contribution in [0.4, 0.5) is 0 Å². The van der Waals surface area contributed by atoms with Crippen molar-refractivity contribution in [2.75, 3.05) is 0 Å². The summed E-state index contributed by atoms with van der Waals surface area (Å²) in [7, 11) is 0. The van der Waals surface area contributed by atoms with E-state index in [1.165, 1.54) is 6.07 Å². The maximum absolute atomic E-state index is 11.3. The molecule has 3 aromatic rings. The second-order valence-corrected chi connectivity index (χ2v) is 4.91. The van der Waals surface area contributed by atoms with Crippen LogP contribution in [0.3, 0.4) is 0 Å². The first-order valence-corrected chi connectivity index (χ1v) is 6.67. The second-order valence-electron chi connectivity index (χ2n) is 4.50. The molecule has 21 heavy (non-hydrogen) atoms. The molecule has 0 fully saturated rings. The van der Waals surface area contributed by atoms with Crippen LogP contribution in [0.1, 0.15) is 10.4 Å². The third kappa shape index (κ3) is 2.53. The Morgan fingerprint density at radius 2 is 1.86 bits per heavy atom. The fourth-order valence-electron chi connectivity index (χ4n) is 2.18. The Morgan fingerprint density at radius 3 is 2.57 bits per heavy atom. The van der Waals surface area contributed by atoms with Crippen molar-refractivity contribution in [2.45, 2.75) is 0 Å². The largest absolute Gasteiger partial charge is 0.478 e. The van der Waals surface area contributed by atoms with E-state index in [2.05, 4.69) is 10.2 Å². The Kier molecular flexibility index (Phi) is 3.46. The molecule has 3 rings (SSSR count). The van der Waals surface area contributed by atoms with Crippen LogP contribution in [0, 0.1) is 0 Å². The summed E-state index contributed by atoms with van der Waals surface area (Å²) in [5.74, 6) is -1.03. The lowest BCUT2D eigenvalue weighted by molar-refractivity contribution is 0.0697. The molecule has 1 heterocycles. The van der Waals surface area contributed by atoms with Gasteiger partial charge in [0.15, 0.2) is 0 Å². The molecule has 0 spiro atoms. The van der Waals surface area contributed by atoms with Crippen LogP contribution in [0.25, 0.3) is 22.5 Å². The zero-order chi connectivity index (χ0) is 14.8. The highest BCUT2D eigenvalue weighted by Crippen LogP contribution is 2.32.